The zero-order chi connectivity index (χ0) is 15.9. The van der Waals surface area contributed by atoms with Crippen molar-refractivity contribution < 1.29 is 9.53 Å². The fourth-order valence-electron chi connectivity index (χ4n) is 3.05. The second-order valence-corrected chi connectivity index (χ2v) is 7.18. The standard InChI is InChI=1S/C17H28N2O2S/c1-4-5-16-10-15(13-22-16)17(20)18(2)11-14-6-7-19(12-14)8-9-21-3/h10,13-14H,4-9,11-12H2,1-3H3/t14-/m0/s1. The molecule has 0 bridgehead atoms. The molecule has 2 rings (SSSR count). The predicted molar refractivity (Wildman–Crippen MR) is 91.7 cm³/mol. The Morgan fingerprint density at radius 1 is 1.55 bits per heavy atom. The Morgan fingerprint density at radius 2 is 2.36 bits per heavy atom. The van der Waals surface area contributed by atoms with Crippen LogP contribution in [0, 0.1) is 5.92 Å². The Balaban J connectivity index is 1.81. The van der Waals surface area contributed by atoms with Gasteiger partial charge in [-0.2, -0.15) is 0 Å². The van der Waals surface area contributed by atoms with Crippen LogP contribution < -0.4 is 0 Å². The minimum atomic E-state index is 0.161. The molecule has 0 N–H and O–H groups in total. The molecule has 1 aromatic rings. The molecule has 2 heterocycles. The third-order valence-electron chi connectivity index (χ3n) is 4.26. The quantitative estimate of drug-likeness (QED) is 0.737. The Bertz CT molecular complexity index is 475. The molecule has 0 aliphatic carbocycles. The minimum Gasteiger partial charge on any atom is -0.383 e. The fourth-order valence-corrected chi connectivity index (χ4v) is 4.01. The Kier molecular flexibility index (Phi) is 6.86. The number of amides is 1. The van der Waals surface area contributed by atoms with Gasteiger partial charge in [-0.15, -0.1) is 11.3 Å². The van der Waals surface area contributed by atoms with Crippen LogP contribution >= 0.6 is 11.3 Å². The number of ether oxygens (including phenoxy) is 1. The van der Waals surface area contributed by atoms with Gasteiger partial charge in [0.25, 0.3) is 5.91 Å². The molecular weight excluding hydrogens is 296 g/mol. The van der Waals surface area contributed by atoms with E-state index in [1.54, 1.807) is 18.4 Å². The molecule has 0 radical (unpaired) electrons. The third-order valence-corrected chi connectivity index (χ3v) is 5.25. The smallest absolute Gasteiger partial charge is 0.254 e. The number of thiophene rings is 1. The van der Waals surface area contributed by atoms with Crippen molar-refractivity contribution in [2.75, 3.05) is 46.9 Å². The van der Waals surface area contributed by atoms with Crippen molar-refractivity contribution >= 4 is 17.2 Å². The molecule has 0 unspecified atom stereocenters. The molecule has 4 nitrogen and oxygen atoms in total. The van der Waals surface area contributed by atoms with Gasteiger partial charge >= 0.3 is 0 Å². The van der Waals surface area contributed by atoms with Crippen LogP contribution in [0.15, 0.2) is 11.4 Å². The van der Waals surface area contributed by atoms with Crippen LogP contribution in [0.4, 0.5) is 0 Å². The largest absolute Gasteiger partial charge is 0.383 e. The van der Waals surface area contributed by atoms with E-state index in [1.807, 2.05) is 17.3 Å². The van der Waals surface area contributed by atoms with Crippen LogP contribution in [-0.4, -0.2) is 62.7 Å². The van der Waals surface area contributed by atoms with E-state index in [1.165, 1.54) is 11.3 Å². The first-order valence-corrected chi connectivity index (χ1v) is 9.06. The zero-order valence-electron chi connectivity index (χ0n) is 14.0. The van der Waals surface area contributed by atoms with E-state index in [4.69, 9.17) is 4.74 Å². The number of aryl methyl sites for hydroxylation is 1. The molecule has 1 aliphatic heterocycles. The lowest BCUT2D eigenvalue weighted by Gasteiger charge is -2.21. The van der Waals surface area contributed by atoms with Crippen molar-refractivity contribution in [2.24, 2.45) is 5.92 Å². The van der Waals surface area contributed by atoms with E-state index in [0.29, 0.717) is 5.92 Å². The summed E-state index contributed by atoms with van der Waals surface area (Å²) >= 11 is 1.70. The zero-order valence-corrected chi connectivity index (χ0v) is 14.8. The van der Waals surface area contributed by atoms with Gasteiger partial charge in [-0.3, -0.25) is 4.79 Å². The summed E-state index contributed by atoms with van der Waals surface area (Å²) in [7, 11) is 3.67. The van der Waals surface area contributed by atoms with Gasteiger partial charge < -0.3 is 14.5 Å². The molecule has 22 heavy (non-hydrogen) atoms. The van der Waals surface area contributed by atoms with Crippen molar-refractivity contribution in [2.45, 2.75) is 26.2 Å². The second-order valence-electron chi connectivity index (χ2n) is 6.19. The normalized spacial score (nSPS) is 18.8. The highest BCUT2D eigenvalue weighted by Gasteiger charge is 2.25. The molecular formula is C17H28N2O2S. The van der Waals surface area contributed by atoms with Gasteiger partial charge in [0.15, 0.2) is 0 Å². The van der Waals surface area contributed by atoms with Crippen LogP contribution in [0.2, 0.25) is 0 Å². The van der Waals surface area contributed by atoms with Crippen molar-refractivity contribution in [1.82, 2.24) is 9.80 Å². The summed E-state index contributed by atoms with van der Waals surface area (Å²) in [6.45, 7) is 7.00. The van der Waals surface area contributed by atoms with Gasteiger partial charge in [0.2, 0.25) is 0 Å². The van der Waals surface area contributed by atoms with Crippen molar-refractivity contribution in [3.05, 3.63) is 21.9 Å². The Morgan fingerprint density at radius 3 is 3.09 bits per heavy atom. The summed E-state index contributed by atoms with van der Waals surface area (Å²) in [5, 5.41) is 2.00. The molecule has 1 saturated heterocycles. The van der Waals surface area contributed by atoms with Crippen LogP contribution in [-0.2, 0) is 11.2 Å². The maximum Gasteiger partial charge on any atom is 0.254 e. The van der Waals surface area contributed by atoms with Crippen LogP contribution in [0.25, 0.3) is 0 Å². The van der Waals surface area contributed by atoms with Gasteiger partial charge in [-0.05, 0) is 31.4 Å². The minimum absolute atomic E-state index is 0.161. The topological polar surface area (TPSA) is 32.8 Å². The highest BCUT2D eigenvalue weighted by Crippen LogP contribution is 2.20. The first-order valence-electron chi connectivity index (χ1n) is 8.18. The summed E-state index contributed by atoms with van der Waals surface area (Å²) < 4.78 is 5.13. The number of hydrogen-bond donors (Lipinski definition) is 0. The van der Waals surface area contributed by atoms with E-state index < -0.39 is 0 Å². The lowest BCUT2D eigenvalue weighted by atomic mass is 10.1. The number of nitrogens with zero attached hydrogens (tertiary/aromatic N) is 2. The monoisotopic (exact) mass is 324 g/mol. The van der Waals surface area contributed by atoms with Gasteiger partial charge in [0, 0.05) is 44.0 Å². The SMILES string of the molecule is CCCc1cc(C(=O)N(C)C[C@@H]2CCN(CCOC)C2)cs1. The van der Waals surface area contributed by atoms with Crippen molar-refractivity contribution in [3.63, 3.8) is 0 Å². The number of carbonyl (C=O) groups excluding carboxylic acids is 1. The number of hydrogen-bond acceptors (Lipinski definition) is 4. The van der Waals surface area contributed by atoms with Gasteiger partial charge in [-0.25, -0.2) is 0 Å². The average Bonchev–Trinajstić information content (AvgIpc) is 3.14. The molecule has 1 atom stereocenters. The van der Waals surface area contributed by atoms with Gasteiger partial charge in [0.1, 0.15) is 0 Å². The summed E-state index contributed by atoms with van der Waals surface area (Å²) in [5.41, 5.74) is 0.852. The van der Waals surface area contributed by atoms with E-state index in [2.05, 4.69) is 17.9 Å². The molecule has 1 fully saturated rings. The average molecular weight is 324 g/mol. The number of rotatable bonds is 8. The van der Waals surface area contributed by atoms with Crippen LogP contribution in [0.1, 0.15) is 35.0 Å². The number of carbonyl (C=O) groups is 1. The highest BCUT2D eigenvalue weighted by atomic mass is 32.1. The summed E-state index contributed by atoms with van der Waals surface area (Å²) in [6, 6.07) is 2.06. The third kappa shape index (κ3) is 4.80. The van der Waals surface area contributed by atoms with Crippen molar-refractivity contribution in [3.8, 4) is 0 Å². The maximum absolute atomic E-state index is 12.5. The van der Waals surface area contributed by atoms with Crippen LogP contribution in [0.5, 0.6) is 0 Å². The molecule has 0 saturated carbocycles. The van der Waals surface area contributed by atoms with Crippen LogP contribution in [0.3, 0.4) is 0 Å². The fraction of sp³-hybridized carbons (Fsp3) is 0.706. The predicted octanol–water partition coefficient (Wildman–Crippen LogP) is 2.74. The lowest BCUT2D eigenvalue weighted by Crippen LogP contribution is -2.33. The molecule has 5 heteroatoms. The van der Waals surface area contributed by atoms with E-state index in [9.17, 15) is 4.79 Å². The van der Waals surface area contributed by atoms with Crippen molar-refractivity contribution in [1.29, 1.82) is 0 Å². The maximum atomic E-state index is 12.5. The van der Waals surface area contributed by atoms with Gasteiger partial charge in [0.05, 0.1) is 12.2 Å². The molecule has 1 aromatic heterocycles. The molecule has 1 amide bonds. The first kappa shape index (κ1) is 17.4. The highest BCUT2D eigenvalue weighted by molar-refractivity contribution is 7.10. The molecule has 124 valence electrons. The second kappa shape index (κ2) is 8.65. The van der Waals surface area contributed by atoms with E-state index >= 15 is 0 Å². The molecule has 1 aliphatic rings. The molecule has 0 spiro atoms. The summed E-state index contributed by atoms with van der Waals surface area (Å²) in [6.07, 6.45) is 3.37. The Labute approximate surface area is 138 Å². The summed E-state index contributed by atoms with van der Waals surface area (Å²) in [5.74, 6) is 0.744. The van der Waals surface area contributed by atoms with Gasteiger partial charge in [-0.1, -0.05) is 13.3 Å². The van der Waals surface area contributed by atoms with E-state index in [0.717, 1.165) is 51.2 Å². The molecule has 0 aromatic carbocycles. The number of methoxy groups -OCH3 is 1. The lowest BCUT2D eigenvalue weighted by molar-refractivity contribution is 0.0772. The van der Waals surface area contributed by atoms with E-state index in [-0.39, 0.29) is 5.91 Å². The summed E-state index contributed by atoms with van der Waals surface area (Å²) in [4.78, 5) is 18.1. The first-order chi connectivity index (χ1) is 10.6. The Hall–Kier alpha value is -0.910. The number of likely N-dealkylation sites (tertiary alicyclic amines) is 1.